The first-order chi connectivity index (χ1) is 4.75. The van der Waals surface area contributed by atoms with Crippen molar-refractivity contribution < 1.29 is 4.79 Å². The molecule has 1 aliphatic heterocycles. The summed E-state index contributed by atoms with van der Waals surface area (Å²) >= 11 is 5.42. The van der Waals surface area contributed by atoms with Crippen LogP contribution in [0.25, 0.3) is 0 Å². The lowest BCUT2D eigenvalue weighted by molar-refractivity contribution is -0.120. The molecule has 0 aliphatic carbocycles. The number of rotatable bonds is 2. The standard InChI is InChI=1S/C7H12ClNO/c1-5-3-9-4-6(5)7(10)2-8/h5-6,9H,2-4H2,1H3/t5-,6-/m1/s1. The molecule has 1 saturated heterocycles. The van der Waals surface area contributed by atoms with Gasteiger partial charge >= 0.3 is 0 Å². The molecule has 1 heterocycles. The maximum atomic E-state index is 11.1. The monoisotopic (exact) mass is 161 g/mol. The second-order valence-corrected chi connectivity index (χ2v) is 3.11. The van der Waals surface area contributed by atoms with E-state index in [4.69, 9.17) is 11.6 Å². The minimum absolute atomic E-state index is 0.163. The summed E-state index contributed by atoms with van der Waals surface area (Å²) in [7, 11) is 0. The minimum Gasteiger partial charge on any atom is -0.316 e. The summed E-state index contributed by atoms with van der Waals surface area (Å²) in [6.07, 6.45) is 0. The van der Waals surface area contributed by atoms with Gasteiger partial charge in [0.2, 0.25) is 0 Å². The van der Waals surface area contributed by atoms with Gasteiger partial charge in [-0.2, -0.15) is 0 Å². The summed E-state index contributed by atoms with van der Waals surface area (Å²) < 4.78 is 0. The van der Waals surface area contributed by atoms with E-state index >= 15 is 0 Å². The van der Waals surface area contributed by atoms with Crippen LogP contribution in [0.15, 0.2) is 0 Å². The van der Waals surface area contributed by atoms with Crippen molar-refractivity contribution in [3.05, 3.63) is 0 Å². The number of hydrogen-bond donors (Lipinski definition) is 1. The molecule has 1 N–H and O–H groups in total. The minimum atomic E-state index is 0.163. The zero-order valence-electron chi connectivity index (χ0n) is 6.06. The van der Waals surface area contributed by atoms with Crippen LogP contribution in [-0.2, 0) is 4.79 Å². The molecule has 58 valence electrons. The van der Waals surface area contributed by atoms with Gasteiger partial charge in [0.15, 0.2) is 5.78 Å². The van der Waals surface area contributed by atoms with E-state index in [9.17, 15) is 4.79 Å². The van der Waals surface area contributed by atoms with Crippen LogP contribution in [0.4, 0.5) is 0 Å². The molecule has 0 aromatic carbocycles. The third-order valence-corrected chi connectivity index (χ3v) is 2.33. The molecule has 0 spiro atoms. The van der Waals surface area contributed by atoms with Crippen LogP contribution in [0, 0.1) is 11.8 Å². The van der Waals surface area contributed by atoms with Crippen molar-refractivity contribution in [3.8, 4) is 0 Å². The highest BCUT2D eigenvalue weighted by atomic mass is 35.5. The Morgan fingerprint density at radius 1 is 1.70 bits per heavy atom. The maximum Gasteiger partial charge on any atom is 0.152 e. The van der Waals surface area contributed by atoms with E-state index in [1.165, 1.54) is 0 Å². The molecule has 3 heteroatoms. The van der Waals surface area contributed by atoms with Gasteiger partial charge in [0.1, 0.15) is 0 Å². The molecule has 10 heavy (non-hydrogen) atoms. The van der Waals surface area contributed by atoms with Crippen LogP contribution < -0.4 is 5.32 Å². The first-order valence-electron chi connectivity index (χ1n) is 3.55. The zero-order chi connectivity index (χ0) is 7.56. The normalized spacial score (nSPS) is 32.6. The second-order valence-electron chi connectivity index (χ2n) is 2.84. The third kappa shape index (κ3) is 1.50. The average Bonchev–Trinajstić information content (AvgIpc) is 2.34. The predicted octanol–water partition coefficient (Wildman–Crippen LogP) is 0.650. The Labute approximate surface area is 65.9 Å². The number of Topliss-reactive ketones (excluding diaryl/α,β-unsaturated/α-hetero) is 1. The number of carbonyl (C=O) groups excluding carboxylic acids is 1. The molecule has 0 bridgehead atoms. The van der Waals surface area contributed by atoms with Crippen molar-refractivity contribution in [2.75, 3.05) is 19.0 Å². The summed E-state index contributed by atoms with van der Waals surface area (Å²) in [6.45, 7) is 3.84. The number of halogens is 1. The second kappa shape index (κ2) is 3.35. The van der Waals surface area contributed by atoms with E-state index in [0.717, 1.165) is 13.1 Å². The molecule has 0 amide bonds. The van der Waals surface area contributed by atoms with Crippen molar-refractivity contribution in [3.63, 3.8) is 0 Å². The molecule has 1 rings (SSSR count). The Bertz CT molecular complexity index is 138. The fourth-order valence-electron chi connectivity index (χ4n) is 1.34. The lowest BCUT2D eigenvalue weighted by Crippen LogP contribution is -2.22. The summed E-state index contributed by atoms with van der Waals surface area (Å²) in [6, 6.07) is 0. The van der Waals surface area contributed by atoms with E-state index < -0.39 is 0 Å². The lowest BCUT2D eigenvalue weighted by Gasteiger charge is -2.09. The van der Waals surface area contributed by atoms with E-state index in [1.54, 1.807) is 0 Å². The van der Waals surface area contributed by atoms with Gasteiger partial charge in [-0.05, 0) is 12.5 Å². The molecule has 0 saturated carbocycles. The van der Waals surface area contributed by atoms with Crippen molar-refractivity contribution in [2.24, 2.45) is 11.8 Å². The Morgan fingerprint density at radius 3 is 2.80 bits per heavy atom. The molecule has 0 unspecified atom stereocenters. The Kier molecular flexibility index (Phi) is 2.69. The quantitative estimate of drug-likeness (QED) is 0.603. The van der Waals surface area contributed by atoms with E-state index in [0.29, 0.717) is 5.92 Å². The molecule has 0 aromatic heterocycles. The zero-order valence-corrected chi connectivity index (χ0v) is 6.82. The van der Waals surface area contributed by atoms with Gasteiger partial charge in [-0.3, -0.25) is 4.79 Å². The van der Waals surface area contributed by atoms with Crippen LogP contribution in [0.3, 0.4) is 0 Å². The largest absolute Gasteiger partial charge is 0.316 e. The van der Waals surface area contributed by atoms with Crippen molar-refractivity contribution in [2.45, 2.75) is 6.92 Å². The average molecular weight is 162 g/mol. The van der Waals surface area contributed by atoms with Crippen LogP contribution in [0.1, 0.15) is 6.92 Å². The number of alkyl halides is 1. The Balaban J connectivity index is 2.46. The van der Waals surface area contributed by atoms with Crippen LogP contribution in [0.5, 0.6) is 0 Å². The fraction of sp³-hybridized carbons (Fsp3) is 0.857. The molecule has 2 nitrogen and oxygen atoms in total. The summed E-state index contributed by atoms with van der Waals surface area (Å²) in [5.74, 6) is 0.972. The number of carbonyl (C=O) groups is 1. The van der Waals surface area contributed by atoms with Gasteiger partial charge in [0.05, 0.1) is 5.88 Å². The number of nitrogens with one attached hydrogen (secondary N) is 1. The van der Waals surface area contributed by atoms with E-state index in [1.807, 2.05) is 0 Å². The highest BCUT2D eigenvalue weighted by Gasteiger charge is 2.28. The van der Waals surface area contributed by atoms with Gasteiger partial charge in [-0.25, -0.2) is 0 Å². The van der Waals surface area contributed by atoms with Gasteiger partial charge in [0.25, 0.3) is 0 Å². The van der Waals surface area contributed by atoms with Gasteiger partial charge < -0.3 is 5.32 Å². The van der Waals surface area contributed by atoms with Gasteiger partial charge in [-0.15, -0.1) is 11.6 Å². The topological polar surface area (TPSA) is 29.1 Å². The molecule has 1 fully saturated rings. The maximum absolute atomic E-state index is 11.1. The molecule has 0 radical (unpaired) electrons. The summed E-state index contributed by atoms with van der Waals surface area (Å²) in [4.78, 5) is 11.1. The van der Waals surface area contributed by atoms with Gasteiger partial charge in [0, 0.05) is 12.5 Å². The number of hydrogen-bond acceptors (Lipinski definition) is 2. The molecular formula is C7H12ClNO. The summed E-state index contributed by atoms with van der Waals surface area (Å²) in [5, 5.41) is 3.16. The summed E-state index contributed by atoms with van der Waals surface area (Å²) in [5.41, 5.74) is 0. The predicted molar refractivity (Wildman–Crippen MR) is 41.3 cm³/mol. The van der Waals surface area contributed by atoms with Crippen molar-refractivity contribution >= 4 is 17.4 Å². The van der Waals surface area contributed by atoms with E-state index in [-0.39, 0.29) is 17.6 Å². The van der Waals surface area contributed by atoms with Gasteiger partial charge in [-0.1, -0.05) is 6.92 Å². The van der Waals surface area contributed by atoms with Crippen LogP contribution in [-0.4, -0.2) is 24.8 Å². The first-order valence-corrected chi connectivity index (χ1v) is 4.08. The SMILES string of the molecule is C[C@@H]1CNC[C@H]1C(=O)CCl. The highest BCUT2D eigenvalue weighted by molar-refractivity contribution is 6.27. The Morgan fingerprint density at radius 2 is 2.40 bits per heavy atom. The smallest absolute Gasteiger partial charge is 0.152 e. The van der Waals surface area contributed by atoms with Crippen LogP contribution in [0.2, 0.25) is 0 Å². The third-order valence-electron chi connectivity index (χ3n) is 2.06. The molecule has 0 aromatic rings. The number of ketones is 1. The van der Waals surface area contributed by atoms with Crippen LogP contribution >= 0.6 is 11.6 Å². The molecule has 1 aliphatic rings. The fourth-order valence-corrected chi connectivity index (χ4v) is 1.54. The van der Waals surface area contributed by atoms with Crippen molar-refractivity contribution in [1.29, 1.82) is 0 Å². The highest BCUT2D eigenvalue weighted by Crippen LogP contribution is 2.16. The molecular weight excluding hydrogens is 150 g/mol. The Hall–Kier alpha value is -0.0800. The lowest BCUT2D eigenvalue weighted by atomic mass is 9.95. The van der Waals surface area contributed by atoms with E-state index in [2.05, 4.69) is 12.2 Å². The van der Waals surface area contributed by atoms with Crippen molar-refractivity contribution in [1.82, 2.24) is 5.32 Å². The first kappa shape index (κ1) is 8.02. The molecule has 2 atom stereocenters.